The SMILES string of the molecule is CCc1ccc(OC(CC)C(=O)Nc2c(C)cccc2C(C)C)cc1. The van der Waals surface area contributed by atoms with Crippen LogP contribution in [0.5, 0.6) is 5.75 Å². The van der Waals surface area contributed by atoms with Gasteiger partial charge in [-0.25, -0.2) is 0 Å². The van der Waals surface area contributed by atoms with Crippen LogP contribution in [0.3, 0.4) is 0 Å². The molecule has 2 aromatic rings. The van der Waals surface area contributed by atoms with Crippen LogP contribution >= 0.6 is 0 Å². The van der Waals surface area contributed by atoms with Gasteiger partial charge >= 0.3 is 0 Å². The number of carbonyl (C=O) groups excluding carboxylic acids is 1. The Morgan fingerprint density at radius 3 is 2.32 bits per heavy atom. The Balaban J connectivity index is 2.15. The van der Waals surface area contributed by atoms with E-state index in [1.165, 1.54) is 5.56 Å². The summed E-state index contributed by atoms with van der Waals surface area (Å²) in [6, 6.07) is 14.1. The van der Waals surface area contributed by atoms with Crippen LogP contribution in [0.2, 0.25) is 0 Å². The number of benzene rings is 2. The van der Waals surface area contributed by atoms with E-state index in [9.17, 15) is 4.79 Å². The first-order chi connectivity index (χ1) is 12.0. The second-order valence-corrected chi connectivity index (χ2v) is 6.70. The highest BCUT2D eigenvalue weighted by Gasteiger charge is 2.21. The molecule has 1 atom stereocenters. The topological polar surface area (TPSA) is 38.3 Å². The van der Waals surface area contributed by atoms with Crippen molar-refractivity contribution in [2.24, 2.45) is 0 Å². The van der Waals surface area contributed by atoms with E-state index in [2.05, 4.69) is 32.2 Å². The quantitative estimate of drug-likeness (QED) is 0.725. The Morgan fingerprint density at radius 1 is 1.08 bits per heavy atom. The average molecular weight is 339 g/mol. The highest BCUT2D eigenvalue weighted by atomic mass is 16.5. The van der Waals surface area contributed by atoms with Crippen LogP contribution in [0, 0.1) is 6.92 Å². The first-order valence-electron chi connectivity index (χ1n) is 9.12. The normalized spacial score (nSPS) is 12.1. The van der Waals surface area contributed by atoms with E-state index in [1.807, 2.05) is 50.2 Å². The highest BCUT2D eigenvalue weighted by Crippen LogP contribution is 2.28. The summed E-state index contributed by atoms with van der Waals surface area (Å²) in [6.07, 6.45) is 1.10. The Labute approximate surface area is 151 Å². The number of para-hydroxylation sites is 1. The number of carbonyl (C=O) groups is 1. The molecule has 0 aliphatic rings. The zero-order valence-corrected chi connectivity index (χ0v) is 15.9. The van der Waals surface area contributed by atoms with Gasteiger partial charge in [0.05, 0.1) is 0 Å². The molecular formula is C22H29NO2. The zero-order valence-electron chi connectivity index (χ0n) is 15.9. The lowest BCUT2D eigenvalue weighted by atomic mass is 9.98. The van der Waals surface area contributed by atoms with Gasteiger partial charge in [0.25, 0.3) is 5.91 Å². The second-order valence-electron chi connectivity index (χ2n) is 6.70. The maximum absolute atomic E-state index is 12.8. The minimum atomic E-state index is -0.507. The molecule has 2 rings (SSSR count). The van der Waals surface area contributed by atoms with Crippen molar-refractivity contribution in [2.75, 3.05) is 5.32 Å². The molecule has 0 fully saturated rings. The molecule has 1 N–H and O–H groups in total. The summed E-state index contributed by atoms with van der Waals surface area (Å²) in [7, 11) is 0. The van der Waals surface area contributed by atoms with Crippen LogP contribution in [-0.2, 0) is 11.2 Å². The smallest absolute Gasteiger partial charge is 0.265 e. The van der Waals surface area contributed by atoms with E-state index in [0.717, 1.165) is 29.0 Å². The van der Waals surface area contributed by atoms with Crippen molar-refractivity contribution < 1.29 is 9.53 Å². The van der Waals surface area contributed by atoms with Gasteiger partial charge in [-0.3, -0.25) is 4.79 Å². The minimum Gasteiger partial charge on any atom is -0.481 e. The minimum absolute atomic E-state index is 0.0988. The third-order valence-corrected chi connectivity index (χ3v) is 4.45. The van der Waals surface area contributed by atoms with E-state index in [1.54, 1.807) is 0 Å². The molecule has 0 spiro atoms. The summed E-state index contributed by atoms with van der Waals surface area (Å²) in [5, 5.41) is 3.09. The lowest BCUT2D eigenvalue weighted by molar-refractivity contribution is -0.122. The van der Waals surface area contributed by atoms with Crippen LogP contribution in [-0.4, -0.2) is 12.0 Å². The third-order valence-electron chi connectivity index (χ3n) is 4.45. The first kappa shape index (κ1) is 19.0. The number of nitrogens with one attached hydrogen (secondary N) is 1. The van der Waals surface area contributed by atoms with Crippen LogP contribution in [0.25, 0.3) is 0 Å². The Bertz CT molecular complexity index is 704. The summed E-state index contributed by atoms with van der Waals surface area (Å²) in [6.45, 7) is 10.4. The van der Waals surface area contributed by atoms with Gasteiger partial charge in [-0.15, -0.1) is 0 Å². The molecule has 2 aromatic carbocycles. The molecule has 3 nitrogen and oxygen atoms in total. The number of hydrogen-bond donors (Lipinski definition) is 1. The van der Waals surface area contributed by atoms with Crippen LogP contribution in [0.15, 0.2) is 42.5 Å². The van der Waals surface area contributed by atoms with Gasteiger partial charge in [0.15, 0.2) is 6.10 Å². The Kier molecular flexibility index (Phi) is 6.63. The van der Waals surface area contributed by atoms with Crippen molar-refractivity contribution in [1.82, 2.24) is 0 Å². The number of anilines is 1. The first-order valence-corrected chi connectivity index (χ1v) is 9.12. The molecule has 0 heterocycles. The summed E-state index contributed by atoms with van der Waals surface area (Å²) in [5.74, 6) is 0.976. The monoisotopic (exact) mass is 339 g/mol. The van der Waals surface area contributed by atoms with Gasteiger partial charge in [-0.05, 0) is 54.5 Å². The number of ether oxygens (including phenoxy) is 1. The molecule has 1 unspecified atom stereocenters. The van der Waals surface area contributed by atoms with Crippen molar-refractivity contribution in [3.05, 3.63) is 59.2 Å². The predicted molar refractivity (Wildman–Crippen MR) is 104 cm³/mol. The number of hydrogen-bond acceptors (Lipinski definition) is 2. The van der Waals surface area contributed by atoms with E-state index < -0.39 is 6.10 Å². The number of amides is 1. The maximum Gasteiger partial charge on any atom is 0.265 e. The molecule has 0 saturated carbocycles. The zero-order chi connectivity index (χ0) is 18.4. The van der Waals surface area contributed by atoms with Gasteiger partial charge in [0, 0.05) is 5.69 Å². The fraction of sp³-hybridized carbons (Fsp3) is 0.409. The van der Waals surface area contributed by atoms with E-state index in [0.29, 0.717) is 12.3 Å². The maximum atomic E-state index is 12.8. The second kappa shape index (κ2) is 8.70. The standard InChI is InChI=1S/C22H29NO2/c1-6-17-11-13-18(14-12-17)25-20(7-2)22(24)23-21-16(5)9-8-10-19(21)15(3)4/h8-15,20H,6-7H2,1-5H3,(H,23,24). The molecule has 3 heteroatoms. The van der Waals surface area contributed by atoms with Gasteiger partial charge in [-0.2, -0.15) is 0 Å². The summed E-state index contributed by atoms with van der Waals surface area (Å²) in [5.41, 5.74) is 4.38. The summed E-state index contributed by atoms with van der Waals surface area (Å²) >= 11 is 0. The molecule has 0 aromatic heterocycles. The van der Waals surface area contributed by atoms with Crippen molar-refractivity contribution in [1.29, 1.82) is 0 Å². The highest BCUT2D eigenvalue weighted by molar-refractivity contribution is 5.95. The Hall–Kier alpha value is -2.29. The Morgan fingerprint density at radius 2 is 1.76 bits per heavy atom. The van der Waals surface area contributed by atoms with Gasteiger partial charge in [0.2, 0.25) is 0 Å². The molecule has 0 saturated heterocycles. The summed E-state index contributed by atoms with van der Waals surface area (Å²) in [4.78, 5) is 12.8. The van der Waals surface area contributed by atoms with Crippen LogP contribution in [0.4, 0.5) is 5.69 Å². The van der Waals surface area contributed by atoms with Crippen molar-refractivity contribution in [2.45, 2.75) is 59.5 Å². The lowest BCUT2D eigenvalue weighted by Crippen LogP contribution is -2.33. The van der Waals surface area contributed by atoms with Gasteiger partial charge in [-0.1, -0.05) is 58.0 Å². The van der Waals surface area contributed by atoms with Crippen LogP contribution < -0.4 is 10.1 Å². The van der Waals surface area contributed by atoms with Crippen molar-refractivity contribution in [3.8, 4) is 5.75 Å². The predicted octanol–water partition coefficient (Wildman–Crippen LogP) is 5.48. The van der Waals surface area contributed by atoms with Crippen molar-refractivity contribution >= 4 is 11.6 Å². The van der Waals surface area contributed by atoms with Gasteiger partial charge < -0.3 is 10.1 Å². The molecule has 0 radical (unpaired) electrons. The molecule has 0 bridgehead atoms. The van der Waals surface area contributed by atoms with E-state index in [-0.39, 0.29) is 5.91 Å². The molecular weight excluding hydrogens is 310 g/mol. The molecule has 134 valence electrons. The molecule has 0 aliphatic carbocycles. The molecule has 25 heavy (non-hydrogen) atoms. The van der Waals surface area contributed by atoms with Gasteiger partial charge in [0.1, 0.15) is 5.75 Å². The van der Waals surface area contributed by atoms with Crippen molar-refractivity contribution in [3.63, 3.8) is 0 Å². The molecule has 1 amide bonds. The van der Waals surface area contributed by atoms with E-state index >= 15 is 0 Å². The summed E-state index contributed by atoms with van der Waals surface area (Å²) < 4.78 is 5.93. The number of rotatable bonds is 7. The van der Waals surface area contributed by atoms with E-state index in [4.69, 9.17) is 4.74 Å². The number of aryl methyl sites for hydroxylation is 2. The van der Waals surface area contributed by atoms with Crippen LogP contribution in [0.1, 0.15) is 56.7 Å². The molecule has 0 aliphatic heterocycles. The third kappa shape index (κ3) is 4.85. The fourth-order valence-corrected chi connectivity index (χ4v) is 2.84. The lowest BCUT2D eigenvalue weighted by Gasteiger charge is -2.21. The largest absolute Gasteiger partial charge is 0.481 e. The average Bonchev–Trinajstić information content (AvgIpc) is 2.61. The fourth-order valence-electron chi connectivity index (χ4n) is 2.84.